The summed E-state index contributed by atoms with van der Waals surface area (Å²) in [5.41, 5.74) is -3.34. The van der Waals surface area contributed by atoms with E-state index in [-0.39, 0.29) is 29.9 Å². The van der Waals surface area contributed by atoms with Gasteiger partial charge in [0.15, 0.2) is 5.82 Å². The molecule has 1 unspecified atom stereocenters. The first kappa shape index (κ1) is 29.9. The Morgan fingerprint density at radius 1 is 1.24 bits per heavy atom. The first-order valence-electron chi connectivity index (χ1n) is 13.0. The van der Waals surface area contributed by atoms with E-state index >= 15 is 8.78 Å². The minimum Gasteiger partial charge on any atom is -0.382 e. The molecule has 1 amide bonds. The highest BCUT2D eigenvalue weighted by Crippen LogP contribution is 2.37. The number of carbonyl (C=O) groups excluding carboxylic acids is 1. The summed E-state index contributed by atoms with van der Waals surface area (Å²) < 4.78 is 64.1. The summed E-state index contributed by atoms with van der Waals surface area (Å²) in [7, 11) is 3.48. The molecule has 1 aliphatic heterocycles. The Morgan fingerprint density at radius 3 is 2.61 bits per heavy atom. The number of aromatic amines is 1. The summed E-state index contributed by atoms with van der Waals surface area (Å²) in [5.74, 6) is -2.91. The van der Waals surface area contributed by atoms with Gasteiger partial charge in [-0.1, -0.05) is 0 Å². The SMILES string of the molecule is CN[C@@H](C)CNc1cc(F)c(-c2cnc(N(C)CC3CCCO3)nc2)c(F)c1NC(=O)c1c[nH]c(=O)cc1C(F)F. The molecule has 0 radical (unpaired) electrons. The zero-order valence-electron chi connectivity index (χ0n) is 22.7. The van der Waals surface area contributed by atoms with E-state index in [1.165, 1.54) is 12.4 Å². The highest BCUT2D eigenvalue weighted by atomic mass is 19.3. The monoisotopic (exact) mass is 577 g/mol. The number of nitrogens with one attached hydrogen (secondary N) is 4. The van der Waals surface area contributed by atoms with Crippen LogP contribution in [-0.4, -0.2) is 66.8 Å². The third kappa shape index (κ3) is 7.00. The molecule has 4 N–H and O–H groups in total. The van der Waals surface area contributed by atoms with Crippen molar-refractivity contribution >= 4 is 23.2 Å². The summed E-state index contributed by atoms with van der Waals surface area (Å²) in [6, 6.07) is 1.46. The van der Waals surface area contributed by atoms with Gasteiger partial charge in [-0.2, -0.15) is 0 Å². The topological polar surface area (TPSA) is 124 Å². The van der Waals surface area contributed by atoms with Crippen molar-refractivity contribution in [1.82, 2.24) is 20.3 Å². The van der Waals surface area contributed by atoms with Crippen LogP contribution in [0.4, 0.5) is 34.9 Å². The van der Waals surface area contributed by atoms with E-state index in [1.807, 2.05) is 6.92 Å². The standard InChI is InChI=1S/C27H31F4N7O3/c1-14(32-2)9-33-20-8-19(28)22(15-10-35-27(36-11-15)38(3)13-16-5-4-6-41-16)23(29)24(20)37-26(40)18-12-34-21(39)7-17(18)25(30)31/h7-8,10-12,14,16,25,32-33H,4-6,9,13H2,1-3H3,(H,34,39)(H,37,40)/t14-,16?/m0/s1. The summed E-state index contributed by atoms with van der Waals surface area (Å²) in [5, 5.41) is 8.12. The lowest BCUT2D eigenvalue weighted by molar-refractivity contribution is 0.101. The Labute approximate surface area is 233 Å². The molecule has 10 nitrogen and oxygen atoms in total. The maximum Gasteiger partial charge on any atom is 0.264 e. The first-order chi connectivity index (χ1) is 19.6. The fourth-order valence-electron chi connectivity index (χ4n) is 4.38. The zero-order chi connectivity index (χ0) is 29.7. The number of pyridine rings is 1. The van der Waals surface area contributed by atoms with Gasteiger partial charge >= 0.3 is 0 Å². The van der Waals surface area contributed by atoms with Crippen molar-refractivity contribution in [3.05, 3.63) is 63.8 Å². The lowest BCUT2D eigenvalue weighted by atomic mass is 10.0. The molecule has 1 saturated heterocycles. The molecule has 0 spiro atoms. The van der Waals surface area contributed by atoms with Crippen LogP contribution in [0, 0.1) is 11.6 Å². The summed E-state index contributed by atoms with van der Waals surface area (Å²) >= 11 is 0. The quantitative estimate of drug-likeness (QED) is 0.253. The largest absolute Gasteiger partial charge is 0.382 e. The number of rotatable bonds is 11. The Hall–Kier alpha value is -4.04. The first-order valence-corrected chi connectivity index (χ1v) is 13.0. The second kappa shape index (κ2) is 13.1. The van der Waals surface area contributed by atoms with Gasteiger partial charge in [0.2, 0.25) is 11.5 Å². The highest BCUT2D eigenvalue weighted by Gasteiger charge is 2.26. The molecule has 0 saturated carbocycles. The molecule has 3 heterocycles. The third-order valence-corrected chi connectivity index (χ3v) is 6.75. The number of hydrogen-bond donors (Lipinski definition) is 4. The lowest BCUT2D eigenvalue weighted by Gasteiger charge is -2.21. The molecule has 3 aromatic rings. The number of carbonyl (C=O) groups is 1. The van der Waals surface area contributed by atoms with Crippen LogP contribution >= 0.6 is 0 Å². The van der Waals surface area contributed by atoms with Crippen molar-refractivity contribution in [1.29, 1.82) is 0 Å². The van der Waals surface area contributed by atoms with Crippen LogP contribution < -0.4 is 26.4 Å². The van der Waals surface area contributed by atoms with E-state index < -0.39 is 51.9 Å². The summed E-state index contributed by atoms with van der Waals surface area (Å²) in [4.78, 5) is 37.0. The van der Waals surface area contributed by atoms with Crippen LogP contribution in [0.25, 0.3) is 11.1 Å². The van der Waals surface area contributed by atoms with E-state index in [1.54, 1.807) is 19.0 Å². The molecular formula is C27H31F4N7O3. The van der Waals surface area contributed by atoms with Crippen LogP contribution in [0.5, 0.6) is 0 Å². The average Bonchev–Trinajstić information content (AvgIpc) is 3.46. The van der Waals surface area contributed by atoms with Gasteiger partial charge in [0.25, 0.3) is 12.3 Å². The van der Waals surface area contributed by atoms with Crippen molar-refractivity contribution < 1.29 is 27.1 Å². The number of amides is 1. The maximum absolute atomic E-state index is 16.0. The lowest BCUT2D eigenvalue weighted by Crippen LogP contribution is -2.30. The number of halogens is 4. The molecule has 1 fully saturated rings. The van der Waals surface area contributed by atoms with Gasteiger partial charge in [-0.05, 0) is 32.9 Å². The van der Waals surface area contributed by atoms with Crippen molar-refractivity contribution in [3.8, 4) is 11.1 Å². The molecule has 2 atom stereocenters. The minimum absolute atomic E-state index is 0.00258. The molecule has 0 aliphatic carbocycles. The van der Waals surface area contributed by atoms with E-state index in [9.17, 15) is 18.4 Å². The fourth-order valence-corrected chi connectivity index (χ4v) is 4.38. The number of aromatic nitrogens is 3. The van der Waals surface area contributed by atoms with Gasteiger partial charge in [-0.15, -0.1) is 0 Å². The molecular weight excluding hydrogens is 546 g/mol. The molecule has 41 heavy (non-hydrogen) atoms. The van der Waals surface area contributed by atoms with Gasteiger partial charge in [0, 0.05) is 68.6 Å². The van der Waals surface area contributed by atoms with E-state index in [2.05, 4.69) is 30.9 Å². The molecule has 4 rings (SSSR count). The third-order valence-electron chi connectivity index (χ3n) is 6.75. The number of alkyl halides is 2. The Morgan fingerprint density at radius 2 is 1.98 bits per heavy atom. The second-order valence-corrected chi connectivity index (χ2v) is 9.75. The highest BCUT2D eigenvalue weighted by molar-refractivity contribution is 6.07. The van der Waals surface area contributed by atoms with Gasteiger partial charge in [-0.3, -0.25) is 9.59 Å². The van der Waals surface area contributed by atoms with Crippen LogP contribution in [0.1, 0.15) is 42.1 Å². The normalized spacial score (nSPS) is 15.7. The molecule has 1 aliphatic rings. The molecule has 220 valence electrons. The van der Waals surface area contributed by atoms with Crippen LogP contribution in [-0.2, 0) is 4.74 Å². The van der Waals surface area contributed by atoms with Crippen molar-refractivity contribution in [2.45, 2.75) is 38.3 Å². The predicted molar refractivity (Wildman–Crippen MR) is 147 cm³/mol. The number of nitrogens with zero attached hydrogens (tertiary/aromatic N) is 3. The maximum atomic E-state index is 16.0. The summed E-state index contributed by atoms with van der Waals surface area (Å²) in [6.07, 6.45) is 2.12. The number of anilines is 3. The number of benzene rings is 1. The predicted octanol–water partition coefficient (Wildman–Crippen LogP) is 3.94. The number of hydrogen-bond acceptors (Lipinski definition) is 8. The minimum atomic E-state index is -3.14. The van der Waals surface area contributed by atoms with Crippen LogP contribution in [0.15, 0.2) is 35.5 Å². The number of H-pyrrole nitrogens is 1. The van der Waals surface area contributed by atoms with Gasteiger partial charge in [0.1, 0.15) is 11.5 Å². The van der Waals surface area contributed by atoms with E-state index in [4.69, 9.17) is 4.74 Å². The summed E-state index contributed by atoms with van der Waals surface area (Å²) in [6.45, 7) is 3.28. The average molecular weight is 578 g/mol. The second-order valence-electron chi connectivity index (χ2n) is 9.75. The van der Waals surface area contributed by atoms with Crippen LogP contribution in [0.2, 0.25) is 0 Å². The Balaban J connectivity index is 1.69. The molecule has 2 aromatic heterocycles. The van der Waals surface area contributed by atoms with E-state index in [0.717, 1.165) is 25.1 Å². The number of likely N-dealkylation sites (N-methyl/N-ethyl adjacent to an activating group) is 2. The van der Waals surface area contributed by atoms with Gasteiger partial charge in [-0.25, -0.2) is 27.5 Å². The van der Waals surface area contributed by atoms with Gasteiger partial charge < -0.3 is 30.6 Å². The number of ether oxygens (including phenoxy) is 1. The Bertz CT molecular complexity index is 1430. The zero-order valence-corrected chi connectivity index (χ0v) is 22.7. The van der Waals surface area contributed by atoms with Crippen LogP contribution in [0.3, 0.4) is 0 Å². The Kier molecular flexibility index (Phi) is 9.55. The van der Waals surface area contributed by atoms with E-state index in [0.29, 0.717) is 25.2 Å². The molecule has 14 heteroatoms. The molecule has 1 aromatic carbocycles. The smallest absolute Gasteiger partial charge is 0.264 e. The molecule has 0 bridgehead atoms. The van der Waals surface area contributed by atoms with Gasteiger partial charge in [0.05, 0.1) is 22.9 Å². The van der Waals surface area contributed by atoms with Crippen molar-refractivity contribution in [2.24, 2.45) is 0 Å². The van der Waals surface area contributed by atoms with Crippen molar-refractivity contribution in [2.75, 3.05) is 49.3 Å². The fraction of sp³-hybridized carbons (Fsp3) is 0.407. The van der Waals surface area contributed by atoms with Crippen molar-refractivity contribution in [3.63, 3.8) is 0 Å².